The number of aliphatic hydroxyl groups is 2. The average Bonchev–Trinajstić information content (AvgIpc) is 3.88. The molecule has 0 aliphatic carbocycles. The second-order valence-electron chi connectivity index (χ2n) is 15.1. The third kappa shape index (κ3) is 14.1. The molecule has 22 heteroatoms. The first kappa shape index (κ1) is 49.0. The maximum atomic E-state index is 13.8. The summed E-state index contributed by atoms with van der Waals surface area (Å²) in [6, 6.07) is -3.67. The van der Waals surface area contributed by atoms with E-state index in [2.05, 4.69) is 46.9 Å². The van der Waals surface area contributed by atoms with Crippen LogP contribution in [0.2, 0.25) is 0 Å². The SMILES string of the molecule is CC[C@H](C)[C@H](N)C(=O)N[C@@H](Cc1cnc[nH]1)C(=O)N[C@@H](CO)C(=O)N[C@@H](CC(=O)O)C(=O)N[C@H](C(=O)N[C@@H](Cc1c[nH]c2ccccc12)C(=O)N[C@H](C(=O)O)C(C)C)[C@@H](C)O. The molecular formula is C39H56N10O12. The third-order valence-corrected chi connectivity index (χ3v) is 10.0. The zero-order valence-corrected chi connectivity index (χ0v) is 34.4. The molecule has 14 N–H and O–H groups in total. The van der Waals surface area contributed by atoms with E-state index >= 15 is 0 Å². The monoisotopic (exact) mass is 856 g/mol. The Kier molecular flexibility index (Phi) is 18.3. The number of aliphatic carboxylic acids is 2. The molecule has 9 atom stereocenters. The van der Waals surface area contributed by atoms with Crippen LogP contribution in [0.25, 0.3) is 10.9 Å². The number of fused-ring (bicyclic) bond motifs is 1. The molecule has 0 aliphatic rings. The van der Waals surface area contributed by atoms with E-state index in [9.17, 15) is 58.8 Å². The summed E-state index contributed by atoms with van der Waals surface area (Å²) in [7, 11) is 0. The Morgan fingerprint density at radius 2 is 1.28 bits per heavy atom. The number of carboxylic acid groups (broad SMARTS) is 2. The van der Waals surface area contributed by atoms with Crippen molar-refractivity contribution in [1.29, 1.82) is 0 Å². The van der Waals surface area contributed by atoms with Gasteiger partial charge in [-0.2, -0.15) is 0 Å². The molecule has 2 heterocycles. The van der Waals surface area contributed by atoms with Crippen LogP contribution < -0.4 is 37.6 Å². The number of H-pyrrole nitrogens is 2. The molecule has 6 amide bonds. The summed E-state index contributed by atoms with van der Waals surface area (Å²) >= 11 is 0. The van der Waals surface area contributed by atoms with Gasteiger partial charge in [0.25, 0.3) is 0 Å². The minimum atomic E-state index is -1.95. The van der Waals surface area contributed by atoms with Crippen molar-refractivity contribution in [3.63, 3.8) is 0 Å². The fourth-order valence-corrected chi connectivity index (χ4v) is 6.15. The number of nitrogens with one attached hydrogen (secondary N) is 8. The molecule has 0 saturated carbocycles. The molecule has 1 aromatic carbocycles. The molecule has 61 heavy (non-hydrogen) atoms. The minimum Gasteiger partial charge on any atom is -0.481 e. The number of carboxylic acids is 2. The van der Waals surface area contributed by atoms with Crippen molar-refractivity contribution in [3.05, 3.63) is 54.2 Å². The molecule has 0 radical (unpaired) electrons. The van der Waals surface area contributed by atoms with E-state index < -0.39 is 115 Å². The zero-order chi connectivity index (χ0) is 45.6. The molecule has 3 aromatic rings. The first-order valence-electron chi connectivity index (χ1n) is 19.6. The summed E-state index contributed by atoms with van der Waals surface area (Å²) in [4.78, 5) is 114. The van der Waals surface area contributed by atoms with E-state index in [1.165, 1.54) is 12.5 Å². The van der Waals surface area contributed by atoms with Crippen molar-refractivity contribution < 1.29 is 58.8 Å². The summed E-state index contributed by atoms with van der Waals surface area (Å²) in [5.74, 6) is -9.88. The van der Waals surface area contributed by atoms with Crippen LogP contribution in [0.3, 0.4) is 0 Å². The maximum Gasteiger partial charge on any atom is 0.326 e. The molecular weight excluding hydrogens is 800 g/mol. The van der Waals surface area contributed by atoms with E-state index in [-0.39, 0.29) is 18.8 Å². The highest BCUT2D eigenvalue weighted by atomic mass is 16.4. The number of carbonyl (C=O) groups is 8. The fraction of sp³-hybridized carbons (Fsp3) is 0.513. The van der Waals surface area contributed by atoms with Crippen molar-refractivity contribution in [3.8, 4) is 0 Å². The van der Waals surface area contributed by atoms with E-state index in [4.69, 9.17) is 5.73 Å². The number of aromatic amines is 2. The van der Waals surface area contributed by atoms with Gasteiger partial charge in [0.05, 0.1) is 31.5 Å². The minimum absolute atomic E-state index is 0.139. The summed E-state index contributed by atoms with van der Waals surface area (Å²) < 4.78 is 0. The van der Waals surface area contributed by atoms with Gasteiger partial charge in [0.1, 0.15) is 36.3 Å². The topological polar surface area (TPSA) is 360 Å². The Morgan fingerprint density at radius 3 is 1.85 bits per heavy atom. The van der Waals surface area contributed by atoms with Gasteiger partial charge in [-0.15, -0.1) is 0 Å². The predicted octanol–water partition coefficient (Wildman–Crippen LogP) is -2.45. The lowest BCUT2D eigenvalue weighted by molar-refractivity contribution is -0.143. The molecule has 0 unspecified atom stereocenters. The molecule has 0 aliphatic heterocycles. The van der Waals surface area contributed by atoms with Gasteiger partial charge in [-0.3, -0.25) is 33.6 Å². The van der Waals surface area contributed by atoms with E-state index in [1.54, 1.807) is 51.2 Å². The number of imidazole rings is 1. The molecule has 2 aromatic heterocycles. The lowest BCUT2D eigenvalue weighted by Gasteiger charge is -2.28. The number of amides is 6. The van der Waals surface area contributed by atoms with E-state index in [0.29, 0.717) is 28.6 Å². The summed E-state index contributed by atoms with van der Waals surface area (Å²) in [5, 5.41) is 54.8. The van der Waals surface area contributed by atoms with Crippen LogP contribution in [0, 0.1) is 11.8 Å². The van der Waals surface area contributed by atoms with E-state index in [1.807, 2.05) is 6.92 Å². The normalized spacial score (nSPS) is 15.8. The maximum absolute atomic E-state index is 13.8. The van der Waals surface area contributed by atoms with Crippen molar-refractivity contribution in [2.24, 2.45) is 17.6 Å². The van der Waals surface area contributed by atoms with Crippen LogP contribution in [0.4, 0.5) is 0 Å². The van der Waals surface area contributed by atoms with Crippen LogP contribution >= 0.6 is 0 Å². The Bertz CT molecular complexity index is 2000. The molecule has 3 rings (SSSR count). The lowest BCUT2D eigenvalue weighted by Crippen LogP contribution is -2.62. The molecule has 22 nitrogen and oxygen atoms in total. The third-order valence-electron chi connectivity index (χ3n) is 10.0. The quantitative estimate of drug-likeness (QED) is 0.0445. The summed E-state index contributed by atoms with van der Waals surface area (Å²) in [6.45, 7) is 6.78. The number of nitrogens with zero attached hydrogens (tertiary/aromatic N) is 1. The van der Waals surface area contributed by atoms with Gasteiger partial charge >= 0.3 is 11.9 Å². The van der Waals surface area contributed by atoms with Gasteiger partial charge in [0.2, 0.25) is 35.4 Å². The van der Waals surface area contributed by atoms with Gasteiger partial charge < -0.3 is 68.0 Å². The molecule has 0 bridgehead atoms. The van der Waals surface area contributed by atoms with Crippen LogP contribution in [0.5, 0.6) is 0 Å². The average molecular weight is 857 g/mol. The number of nitrogens with two attached hydrogens (primary N) is 1. The summed E-state index contributed by atoms with van der Waals surface area (Å²) in [6.07, 6.45) is 1.84. The molecule has 334 valence electrons. The van der Waals surface area contributed by atoms with Crippen molar-refractivity contribution >= 4 is 58.3 Å². The van der Waals surface area contributed by atoms with Gasteiger partial charge in [-0.25, -0.2) is 9.78 Å². The number of benzene rings is 1. The van der Waals surface area contributed by atoms with Crippen LogP contribution in [0.1, 0.15) is 58.7 Å². The number of aromatic nitrogens is 3. The first-order chi connectivity index (χ1) is 28.8. The van der Waals surface area contributed by atoms with Crippen molar-refractivity contribution in [2.75, 3.05) is 6.61 Å². The largest absolute Gasteiger partial charge is 0.481 e. The highest BCUT2D eigenvalue weighted by Crippen LogP contribution is 2.20. The standard InChI is InChI=1S/C39H56N10O12/c1-6-19(4)30(40)37(58)45-26(12-22-15-41-17-43-22)33(54)47-28(16-50)36(57)44-27(13-29(52)53)35(56)49-32(20(5)51)38(59)46-25(34(55)48-31(18(2)3)39(60)61)11-21-14-42-24-10-8-7-9-23(21)24/h7-10,14-15,17-20,25-28,30-32,42,50-51H,6,11-13,16,40H2,1-5H3,(H,41,43)(H,44,57)(H,45,58)(H,46,59)(H,47,54)(H,48,55)(H,49,56)(H,52,53)(H,60,61)/t19-,20+,25-,26-,27-,28-,30-,31-,32-/m0/s1. The lowest BCUT2D eigenvalue weighted by atomic mass is 9.98. The molecule has 0 spiro atoms. The van der Waals surface area contributed by atoms with Crippen molar-refractivity contribution in [1.82, 2.24) is 46.9 Å². The Labute approximate surface area is 350 Å². The smallest absolute Gasteiger partial charge is 0.326 e. The number of hydrogen-bond acceptors (Lipinski definition) is 12. The van der Waals surface area contributed by atoms with Crippen LogP contribution in [-0.4, -0.2) is 138 Å². The van der Waals surface area contributed by atoms with Crippen LogP contribution in [0.15, 0.2) is 43.0 Å². The Hall–Kier alpha value is -6.39. The highest BCUT2D eigenvalue weighted by molar-refractivity contribution is 5.98. The number of para-hydroxylation sites is 1. The Balaban J connectivity index is 1.82. The van der Waals surface area contributed by atoms with Crippen LogP contribution in [-0.2, 0) is 51.2 Å². The van der Waals surface area contributed by atoms with Gasteiger partial charge in [0.15, 0.2) is 0 Å². The van der Waals surface area contributed by atoms with Gasteiger partial charge in [0, 0.05) is 41.8 Å². The number of rotatable bonds is 24. The van der Waals surface area contributed by atoms with E-state index in [0.717, 1.165) is 6.92 Å². The van der Waals surface area contributed by atoms with Crippen molar-refractivity contribution in [2.45, 2.75) is 109 Å². The second kappa shape index (κ2) is 22.8. The predicted molar refractivity (Wildman–Crippen MR) is 217 cm³/mol. The highest BCUT2D eigenvalue weighted by Gasteiger charge is 2.36. The first-order valence-corrected chi connectivity index (χ1v) is 19.6. The number of aliphatic hydroxyl groups excluding tert-OH is 2. The van der Waals surface area contributed by atoms with Gasteiger partial charge in [-0.1, -0.05) is 52.3 Å². The molecule has 0 saturated heterocycles. The number of hydrogen-bond donors (Lipinski definition) is 13. The molecule has 0 fully saturated rings. The van der Waals surface area contributed by atoms with Gasteiger partial charge in [-0.05, 0) is 30.4 Å². The zero-order valence-electron chi connectivity index (χ0n) is 34.4. The Morgan fingerprint density at radius 1 is 0.721 bits per heavy atom. The fourth-order valence-electron chi connectivity index (χ4n) is 6.15. The number of carbonyl (C=O) groups excluding carboxylic acids is 6. The second-order valence-corrected chi connectivity index (χ2v) is 15.1. The summed E-state index contributed by atoms with van der Waals surface area (Å²) in [5.41, 5.74) is 7.74.